The number of hydrogen-bond donors (Lipinski definition) is 1. The number of anilines is 2. The number of carbonyl (C=O) groups excluding carboxylic acids is 1. The summed E-state index contributed by atoms with van der Waals surface area (Å²) < 4.78 is 43.2. The van der Waals surface area contributed by atoms with Crippen LogP contribution < -0.4 is 23.8 Å². The third kappa shape index (κ3) is 4.88. The van der Waals surface area contributed by atoms with E-state index >= 15 is 0 Å². The van der Waals surface area contributed by atoms with Gasteiger partial charge in [0.05, 0.1) is 31.9 Å². The smallest absolute Gasteiger partial charge is 0.264 e. The van der Waals surface area contributed by atoms with Gasteiger partial charge in [0.2, 0.25) is 0 Å². The van der Waals surface area contributed by atoms with E-state index < -0.39 is 10.0 Å². The van der Waals surface area contributed by atoms with E-state index in [1.165, 1.54) is 52.6 Å². The number of benzene rings is 3. The number of rotatable bonds is 8. The molecular formula is C24H26N2O6S. The lowest BCUT2D eigenvalue weighted by atomic mass is 10.1. The zero-order valence-electron chi connectivity index (χ0n) is 19.1. The van der Waals surface area contributed by atoms with Crippen molar-refractivity contribution in [2.24, 2.45) is 0 Å². The van der Waals surface area contributed by atoms with Crippen LogP contribution in [0.2, 0.25) is 0 Å². The van der Waals surface area contributed by atoms with Gasteiger partial charge in [-0.3, -0.25) is 9.10 Å². The van der Waals surface area contributed by atoms with E-state index in [2.05, 4.69) is 5.32 Å². The molecule has 0 saturated carbocycles. The van der Waals surface area contributed by atoms with Gasteiger partial charge < -0.3 is 19.5 Å². The molecule has 3 aromatic rings. The molecule has 0 aromatic heterocycles. The molecule has 8 nitrogen and oxygen atoms in total. The minimum Gasteiger partial charge on any atom is -0.495 e. The summed E-state index contributed by atoms with van der Waals surface area (Å²) in [7, 11) is 2.12. The second-order valence-corrected chi connectivity index (χ2v) is 9.11. The molecule has 0 fully saturated rings. The highest BCUT2D eigenvalue weighted by molar-refractivity contribution is 7.92. The Bertz CT molecular complexity index is 1260. The Labute approximate surface area is 193 Å². The first kappa shape index (κ1) is 23.9. The van der Waals surface area contributed by atoms with E-state index in [-0.39, 0.29) is 10.8 Å². The van der Waals surface area contributed by atoms with Crippen LogP contribution in [0.1, 0.15) is 15.9 Å². The predicted molar refractivity (Wildman–Crippen MR) is 127 cm³/mol. The van der Waals surface area contributed by atoms with Gasteiger partial charge in [0.15, 0.2) is 11.5 Å². The molecule has 0 heterocycles. The van der Waals surface area contributed by atoms with E-state index in [4.69, 9.17) is 14.2 Å². The summed E-state index contributed by atoms with van der Waals surface area (Å²) in [6, 6.07) is 16.0. The molecule has 174 valence electrons. The normalized spacial score (nSPS) is 10.9. The quantitative estimate of drug-likeness (QED) is 0.533. The van der Waals surface area contributed by atoms with Gasteiger partial charge in [0.1, 0.15) is 5.75 Å². The molecule has 1 amide bonds. The number of ether oxygens (including phenoxy) is 3. The van der Waals surface area contributed by atoms with Crippen LogP contribution in [-0.4, -0.2) is 42.7 Å². The zero-order chi connectivity index (χ0) is 24.2. The third-order valence-corrected chi connectivity index (χ3v) is 6.96. The minimum absolute atomic E-state index is 0.0507. The topological polar surface area (TPSA) is 94.2 Å². The van der Waals surface area contributed by atoms with Gasteiger partial charge in [-0.25, -0.2) is 8.42 Å². The van der Waals surface area contributed by atoms with Crippen molar-refractivity contribution in [3.8, 4) is 17.2 Å². The Hall–Kier alpha value is -3.72. The average Bonchev–Trinajstić information content (AvgIpc) is 2.84. The number of nitrogens with zero attached hydrogens (tertiary/aromatic N) is 1. The summed E-state index contributed by atoms with van der Waals surface area (Å²) in [5.41, 5.74) is 2.07. The number of hydrogen-bond acceptors (Lipinski definition) is 6. The summed E-state index contributed by atoms with van der Waals surface area (Å²) in [5, 5.41) is 2.82. The van der Waals surface area contributed by atoms with Crippen LogP contribution in [0.5, 0.6) is 17.2 Å². The predicted octanol–water partition coefficient (Wildman–Crippen LogP) is 4.10. The van der Waals surface area contributed by atoms with Crippen LogP contribution in [0.4, 0.5) is 11.4 Å². The molecule has 0 bridgehead atoms. The van der Waals surface area contributed by atoms with E-state index in [0.29, 0.717) is 34.2 Å². The molecule has 0 unspecified atom stereocenters. The lowest BCUT2D eigenvalue weighted by Crippen LogP contribution is -2.27. The van der Waals surface area contributed by atoms with Gasteiger partial charge in [-0.1, -0.05) is 12.1 Å². The standard InChI is InChI=1S/C24H26N2O6S/c1-16-14-22(31-4)23(32-5)15-19(16)25-24(27)17-10-12-18(13-11-17)33(28,29)26(2)20-8-6-7-9-21(20)30-3/h6-15H,1-5H3,(H,25,27). The van der Waals surface area contributed by atoms with Crippen molar-refractivity contribution in [3.05, 3.63) is 71.8 Å². The molecule has 0 saturated heterocycles. The van der Waals surface area contributed by atoms with Gasteiger partial charge in [-0.05, 0) is 55.0 Å². The molecule has 0 radical (unpaired) electrons. The maximum Gasteiger partial charge on any atom is 0.264 e. The second-order valence-electron chi connectivity index (χ2n) is 7.14. The maximum atomic E-state index is 13.1. The molecule has 0 aliphatic heterocycles. The zero-order valence-corrected chi connectivity index (χ0v) is 19.9. The first-order chi connectivity index (χ1) is 15.7. The van der Waals surface area contributed by atoms with Gasteiger partial charge >= 0.3 is 0 Å². The van der Waals surface area contributed by atoms with Crippen LogP contribution in [0, 0.1) is 6.92 Å². The van der Waals surface area contributed by atoms with Crippen LogP contribution >= 0.6 is 0 Å². The fraction of sp³-hybridized carbons (Fsp3) is 0.208. The molecule has 33 heavy (non-hydrogen) atoms. The van der Waals surface area contributed by atoms with Gasteiger partial charge in [0, 0.05) is 24.4 Å². The molecule has 0 aliphatic carbocycles. The highest BCUT2D eigenvalue weighted by Crippen LogP contribution is 2.33. The molecule has 9 heteroatoms. The Balaban J connectivity index is 1.83. The van der Waals surface area contributed by atoms with E-state index in [9.17, 15) is 13.2 Å². The molecule has 3 aromatic carbocycles. The molecule has 1 N–H and O–H groups in total. The molecular weight excluding hydrogens is 444 g/mol. The highest BCUT2D eigenvalue weighted by Gasteiger charge is 2.24. The van der Waals surface area contributed by atoms with E-state index in [1.807, 2.05) is 6.92 Å². The maximum absolute atomic E-state index is 13.1. The summed E-state index contributed by atoms with van der Waals surface area (Å²) in [4.78, 5) is 12.8. The third-order valence-electron chi connectivity index (χ3n) is 5.18. The lowest BCUT2D eigenvalue weighted by Gasteiger charge is -2.21. The van der Waals surface area contributed by atoms with Crippen LogP contribution in [-0.2, 0) is 10.0 Å². The second kappa shape index (κ2) is 9.83. The summed E-state index contributed by atoms with van der Waals surface area (Å²) in [6.07, 6.45) is 0. The average molecular weight is 471 g/mol. The molecule has 0 aliphatic rings. The fourth-order valence-corrected chi connectivity index (χ4v) is 4.47. The Kier molecular flexibility index (Phi) is 7.13. The Morgan fingerprint density at radius 3 is 2.03 bits per heavy atom. The first-order valence-electron chi connectivity index (χ1n) is 9.99. The van der Waals surface area contributed by atoms with E-state index in [1.54, 1.807) is 36.4 Å². The van der Waals surface area contributed by atoms with Gasteiger partial charge in [0.25, 0.3) is 15.9 Å². The van der Waals surface area contributed by atoms with Crippen molar-refractivity contribution >= 4 is 27.3 Å². The van der Waals surface area contributed by atoms with Crippen LogP contribution in [0.25, 0.3) is 0 Å². The number of sulfonamides is 1. The number of nitrogens with one attached hydrogen (secondary N) is 1. The highest BCUT2D eigenvalue weighted by atomic mass is 32.2. The van der Waals surface area contributed by atoms with Crippen molar-refractivity contribution in [1.82, 2.24) is 0 Å². The SMILES string of the molecule is COc1cc(C)c(NC(=O)c2ccc(S(=O)(=O)N(C)c3ccccc3OC)cc2)cc1OC. The van der Waals surface area contributed by atoms with Crippen molar-refractivity contribution < 1.29 is 27.4 Å². The fourth-order valence-electron chi connectivity index (χ4n) is 3.27. The van der Waals surface area contributed by atoms with Gasteiger partial charge in [-0.2, -0.15) is 0 Å². The number of methoxy groups -OCH3 is 3. The Morgan fingerprint density at radius 2 is 1.42 bits per heavy atom. The number of amides is 1. The number of aryl methyl sites for hydroxylation is 1. The van der Waals surface area contributed by atoms with Crippen LogP contribution in [0.3, 0.4) is 0 Å². The summed E-state index contributed by atoms with van der Waals surface area (Å²) >= 11 is 0. The van der Waals surface area contributed by atoms with E-state index in [0.717, 1.165) is 9.87 Å². The first-order valence-corrected chi connectivity index (χ1v) is 11.4. The number of carbonyl (C=O) groups is 1. The largest absolute Gasteiger partial charge is 0.495 e. The minimum atomic E-state index is -3.86. The lowest BCUT2D eigenvalue weighted by molar-refractivity contribution is 0.102. The number of para-hydroxylation sites is 2. The van der Waals surface area contributed by atoms with Crippen molar-refractivity contribution in [2.75, 3.05) is 38.0 Å². The van der Waals surface area contributed by atoms with Crippen molar-refractivity contribution in [3.63, 3.8) is 0 Å². The van der Waals surface area contributed by atoms with Gasteiger partial charge in [-0.15, -0.1) is 0 Å². The monoisotopic (exact) mass is 470 g/mol. The van der Waals surface area contributed by atoms with Crippen molar-refractivity contribution in [2.45, 2.75) is 11.8 Å². The summed E-state index contributed by atoms with van der Waals surface area (Å²) in [6.45, 7) is 1.83. The van der Waals surface area contributed by atoms with Crippen molar-refractivity contribution in [1.29, 1.82) is 0 Å². The molecule has 0 spiro atoms. The summed E-state index contributed by atoms with van der Waals surface area (Å²) in [5.74, 6) is 1.10. The molecule has 3 rings (SSSR count). The Morgan fingerprint density at radius 1 is 0.848 bits per heavy atom. The van der Waals surface area contributed by atoms with Crippen LogP contribution in [0.15, 0.2) is 65.6 Å². The molecule has 0 atom stereocenters.